The highest BCUT2D eigenvalue weighted by molar-refractivity contribution is 6.03. The lowest BCUT2D eigenvalue weighted by molar-refractivity contribution is -0.141. The van der Waals surface area contributed by atoms with E-state index in [1.807, 2.05) is 0 Å². The highest BCUT2D eigenvalue weighted by Crippen LogP contribution is 2.27. The number of halogens is 3. The summed E-state index contributed by atoms with van der Waals surface area (Å²) in [5, 5.41) is 2.48. The molecule has 0 spiro atoms. The number of nitrogens with zero attached hydrogens (tertiary/aromatic N) is 4. The minimum Gasteiger partial charge on any atom is -0.347 e. The molecule has 2 aromatic rings. The summed E-state index contributed by atoms with van der Waals surface area (Å²) in [5.74, 6) is -0.128. The molecule has 9 heteroatoms. The Labute approximate surface area is 124 Å². The molecule has 0 unspecified atom stereocenters. The van der Waals surface area contributed by atoms with Gasteiger partial charge in [-0.2, -0.15) is 13.2 Å². The van der Waals surface area contributed by atoms with Crippen molar-refractivity contribution >= 4 is 17.5 Å². The molecule has 0 atom stereocenters. The third kappa shape index (κ3) is 3.68. The number of hydrogen-bond acceptors (Lipinski definition) is 5. The van der Waals surface area contributed by atoms with Gasteiger partial charge in [-0.25, -0.2) is 9.97 Å². The second-order valence-electron chi connectivity index (χ2n) is 4.55. The maximum atomic E-state index is 12.4. The lowest BCUT2D eigenvalue weighted by Crippen LogP contribution is -2.16. The molecule has 0 fully saturated rings. The molecule has 0 radical (unpaired) electrons. The van der Waals surface area contributed by atoms with E-state index in [0.717, 1.165) is 18.3 Å². The van der Waals surface area contributed by atoms with Gasteiger partial charge in [0.1, 0.15) is 5.69 Å². The number of amides is 1. The minimum atomic E-state index is -4.54. The molecule has 0 bridgehead atoms. The Bertz CT molecular complexity index is 653. The molecule has 0 saturated heterocycles. The number of anilines is 2. The summed E-state index contributed by atoms with van der Waals surface area (Å²) >= 11 is 0. The highest BCUT2D eigenvalue weighted by atomic mass is 19.4. The Balaban J connectivity index is 2.09. The van der Waals surface area contributed by atoms with E-state index in [1.54, 1.807) is 19.0 Å². The normalized spacial score (nSPS) is 11.1. The number of carbonyl (C=O) groups excluding carboxylic acids is 1. The Morgan fingerprint density at radius 3 is 2.18 bits per heavy atom. The molecule has 0 saturated carbocycles. The van der Waals surface area contributed by atoms with Crippen LogP contribution >= 0.6 is 0 Å². The molecule has 0 aliphatic rings. The fourth-order valence-electron chi connectivity index (χ4n) is 1.52. The fraction of sp³-hybridized carbons (Fsp3) is 0.231. The molecule has 0 aliphatic heterocycles. The highest BCUT2D eigenvalue weighted by Gasteiger charge is 2.32. The number of carbonyl (C=O) groups is 1. The molecule has 6 nitrogen and oxygen atoms in total. The summed E-state index contributed by atoms with van der Waals surface area (Å²) < 4.78 is 37.2. The van der Waals surface area contributed by atoms with E-state index in [9.17, 15) is 18.0 Å². The Morgan fingerprint density at radius 1 is 1.09 bits per heavy atom. The maximum absolute atomic E-state index is 12.4. The SMILES string of the molecule is CN(C)c1ncc(NC(=O)c2ccc(C(F)(F)F)nc2)cn1. The largest absolute Gasteiger partial charge is 0.433 e. The van der Waals surface area contributed by atoms with Crippen molar-refractivity contribution in [1.82, 2.24) is 15.0 Å². The number of nitrogens with one attached hydrogen (secondary N) is 1. The van der Waals surface area contributed by atoms with Crippen LogP contribution in [0.25, 0.3) is 0 Å². The van der Waals surface area contributed by atoms with Crippen molar-refractivity contribution in [3.63, 3.8) is 0 Å². The average molecular weight is 311 g/mol. The fourth-order valence-corrected chi connectivity index (χ4v) is 1.52. The van der Waals surface area contributed by atoms with Crippen LogP contribution in [0.2, 0.25) is 0 Å². The Morgan fingerprint density at radius 2 is 1.73 bits per heavy atom. The van der Waals surface area contributed by atoms with Crippen LogP contribution in [-0.2, 0) is 6.18 Å². The maximum Gasteiger partial charge on any atom is 0.433 e. The molecule has 2 heterocycles. The summed E-state index contributed by atoms with van der Waals surface area (Å²) in [7, 11) is 3.53. The van der Waals surface area contributed by atoms with Crippen molar-refractivity contribution < 1.29 is 18.0 Å². The molecule has 1 amide bonds. The predicted octanol–water partition coefficient (Wildman–Crippen LogP) is 2.21. The monoisotopic (exact) mass is 311 g/mol. The van der Waals surface area contributed by atoms with E-state index in [-0.39, 0.29) is 5.56 Å². The van der Waals surface area contributed by atoms with Gasteiger partial charge in [-0.05, 0) is 12.1 Å². The summed E-state index contributed by atoms with van der Waals surface area (Å²) in [6.07, 6.45) is -0.868. The first-order valence-electron chi connectivity index (χ1n) is 6.11. The predicted molar refractivity (Wildman–Crippen MR) is 73.6 cm³/mol. The zero-order valence-corrected chi connectivity index (χ0v) is 11.7. The molecule has 2 aromatic heterocycles. The molecule has 0 aromatic carbocycles. The van der Waals surface area contributed by atoms with Gasteiger partial charge in [-0.3, -0.25) is 9.78 Å². The molecule has 2 rings (SSSR count). The van der Waals surface area contributed by atoms with Gasteiger partial charge >= 0.3 is 6.18 Å². The molecule has 0 aliphatic carbocycles. The van der Waals surface area contributed by atoms with Gasteiger partial charge in [0, 0.05) is 20.3 Å². The van der Waals surface area contributed by atoms with Gasteiger partial charge in [0.25, 0.3) is 5.91 Å². The average Bonchev–Trinajstić information content (AvgIpc) is 2.47. The minimum absolute atomic E-state index is 0.00434. The van der Waals surface area contributed by atoms with E-state index < -0.39 is 17.8 Å². The van der Waals surface area contributed by atoms with Gasteiger partial charge in [0.05, 0.1) is 23.6 Å². The van der Waals surface area contributed by atoms with Crippen LogP contribution in [0.3, 0.4) is 0 Å². The van der Waals surface area contributed by atoms with Crippen LogP contribution in [0.5, 0.6) is 0 Å². The summed E-state index contributed by atoms with van der Waals surface area (Å²) in [5.41, 5.74) is -0.720. The van der Waals surface area contributed by atoms with Gasteiger partial charge < -0.3 is 10.2 Å². The molecular weight excluding hydrogens is 299 g/mol. The first-order valence-corrected chi connectivity index (χ1v) is 6.11. The third-order valence-electron chi connectivity index (χ3n) is 2.61. The van der Waals surface area contributed by atoms with E-state index in [2.05, 4.69) is 20.3 Å². The standard InChI is InChI=1S/C13H12F3N5O/c1-21(2)12-18-6-9(7-19-12)20-11(22)8-3-4-10(17-5-8)13(14,15)16/h3-7H,1-2H3,(H,20,22). The Kier molecular flexibility index (Phi) is 4.25. The smallest absolute Gasteiger partial charge is 0.347 e. The lowest BCUT2D eigenvalue weighted by Gasteiger charge is -2.10. The van der Waals surface area contributed by atoms with Crippen LogP contribution in [-0.4, -0.2) is 35.0 Å². The molecular formula is C13H12F3N5O. The van der Waals surface area contributed by atoms with Gasteiger partial charge in [-0.1, -0.05) is 0 Å². The van der Waals surface area contributed by atoms with Gasteiger partial charge in [0.2, 0.25) is 5.95 Å². The van der Waals surface area contributed by atoms with E-state index in [4.69, 9.17) is 0 Å². The third-order valence-corrected chi connectivity index (χ3v) is 2.61. The van der Waals surface area contributed by atoms with E-state index in [1.165, 1.54) is 12.4 Å². The number of rotatable bonds is 3. The van der Waals surface area contributed by atoms with E-state index >= 15 is 0 Å². The first-order chi connectivity index (χ1) is 10.3. The van der Waals surface area contributed by atoms with Crippen LogP contribution in [0.4, 0.5) is 24.8 Å². The Hall–Kier alpha value is -2.71. The van der Waals surface area contributed by atoms with Crippen molar-refractivity contribution in [3.05, 3.63) is 42.0 Å². The number of alkyl halides is 3. The second kappa shape index (κ2) is 5.96. The topological polar surface area (TPSA) is 71.0 Å². The van der Waals surface area contributed by atoms with Crippen molar-refractivity contribution in [1.29, 1.82) is 0 Å². The van der Waals surface area contributed by atoms with Crippen LogP contribution in [0.1, 0.15) is 16.1 Å². The number of aromatic nitrogens is 3. The van der Waals surface area contributed by atoms with Crippen molar-refractivity contribution in [2.45, 2.75) is 6.18 Å². The quantitative estimate of drug-likeness (QED) is 0.941. The van der Waals surface area contributed by atoms with Gasteiger partial charge in [0.15, 0.2) is 0 Å². The van der Waals surface area contributed by atoms with Gasteiger partial charge in [-0.15, -0.1) is 0 Å². The molecule has 22 heavy (non-hydrogen) atoms. The summed E-state index contributed by atoms with van der Waals surface area (Å²) in [4.78, 5) is 24.8. The van der Waals surface area contributed by atoms with Crippen LogP contribution in [0, 0.1) is 0 Å². The van der Waals surface area contributed by atoms with Crippen molar-refractivity contribution in [3.8, 4) is 0 Å². The summed E-state index contributed by atoms with van der Waals surface area (Å²) in [6.45, 7) is 0. The molecule has 1 N–H and O–H groups in total. The van der Waals surface area contributed by atoms with Crippen LogP contribution < -0.4 is 10.2 Å². The zero-order valence-electron chi connectivity index (χ0n) is 11.7. The summed E-state index contributed by atoms with van der Waals surface area (Å²) in [6, 6.07) is 1.81. The molecule has 116 valence electrons. The first kappa shape index (κ1) is 15.7. The zero-order chi connectivity index (χ0) is 16.3. The van der Waals surface area contributed by atoms with E-state index in [0.29, 0.717) is 11.6 Å². The van der Waals surface area contributed by atoms with Crippen molar-refractivity contribution in [2.24, 2.45) is 0 Å². The van der Waals surface area contributed by atoms with Crippen LogP contribution in [0.15, 0.2) is 30.7 Å². The lowest BCUT2D eigenvalue weighted by atomic mass is 10.2. The number of pyridine rings is 1. The van der Waals surface area contributed by atoms with Crippen molar-refractivity contribution in [2.75, 3.05) is 24.3 Å². The second-order valence-corrected chi connectivity index (χ2v) is 4.55. The number of hydrogen-bond donors (Lipinski definition) is 1.